The largest absolute Gasteiger partial charge is 0.478 e. The van der Waals surface area contributed by atoms with Crippen LogP contribution >= 0.6 is 0 Å². The smallest absolute Gasteiger partial charge is 0.417 e. The van der Waals surface area contributed by atoms with Gasteiger partial charge in [-0.15, -0.1) is 0 Å². The molecule has 0 aliphatic rings. The van der Waals surface area contributed by atoms with Crippen LogP contribution in [0.25, 0.3) is 0 Å². The first-order valence-electron chi connectivity index (χ1n) is 6.82. The van der Waals surface area contributed by atoms with Gasteiger partial charge in [-0.1, -0.05) is 13.8 Å². The van der Waals surface area contributed by atoms with Crippen LogP contribution in [0.1, 0.15) is 49.5 Å². The van der Waals surface area contributed by atoms with E-state index in [9.17, 15) is 18.0 Å². The fraction of sp³-hybridized carbons (Fsp3) is 0.533. The molecule has 3 nitrogen and oxygen atoms in total. The fourth-order valence-electron chi connectivity index (χ4n) is 2.00. The lowest BCUT2D eigenvalue weighted by Gasteiger charge is -2.18. The number of nitrogens with one attached hydrogen (secondary N) is 1. The maximum absolute atomic E-state index is 12.7. The first kappa shape index (κ1) is 17.3. The molecule has 1 aromatic rings. The normalized spacial score (nSPS) is 13.3. The first-order valence-corrected chi connectivity index (χ1v) is 6.82. The molecule has 0 heterocycles. The summed E-state index contributed by atoms with van der Waals surface area (Å²) in [6.07, 6.45) is -2.82. The second kappa shape index (κ2) is 6.83. The molecule has 0 saturated heterocycles. The van der Waals surface area contributed by atoms with Crippen LogP contribution in [0.4, 0.5) is 18.9 Å². The van der Waals surface area contributed by atoms with Gasteiger partial charge in [-0.2, -0.15) is 13.2 Å². The predicted molar refractivity (Wildman–Crippen MR) is 75.6 cm³/mol. The molecule has 0 radical (unpaired) electrons. The number of carbonyl (C=O) groups is 1. The minimum atomic E-state index is -4.67. The quantitative estimate of drug-likeness (QED) is 0.805. The zero-order valence-electron chi connectivity index (χ0n) is 12.3. The summed E-state index contributed by atoms with van der Waals surface area (Å²) in [5.41, 5.74) is -1.48. The molecule has 0 fully saturated rings. The summed E-state index contributed by atoms with van der Waals surface area (Å²) < 4.78 is 38.2. The highest BCUT2D eigenvalue weighted by atomic mass is 19.4. The van der Waals surface area contributed by atoms with E-state index < -0.39 is 23.3 Å². The summed E-state index contributed by atoms with van der Waals surface area (Å²) in [6, 6.07) is 3.17. The van der Waals surface area contributed by atoms with E-state index in [1.807, 2.05) is 6.92 Å². The molecule has 1 unspecified atom stereocenters. The monoisotopic (exact) mass is 303 g/mol. The average molecular weight is 303 g/mol. The summed E-state index contributed by atoms with van der Waals surface area (Å²) in [4.78, 5) is 11.0. The van der Waals surface area contributed by atoms with Gasteiger partial charge in [0.1, 0.15) is 0 Å². The second-order valence-electron chi connectivity index (χ2n) is 5.58. The molecule has 2 N–H and O–H groups in total. The second-order valence-corrected chi connectivity index (χ2v) is 5.58. The van der Waals surface area contributed by atoms with Crippen LogP contribution < -0.4 is 5.32 Å². The van der Waals surface area contributed by atoms with Crippen LogP contribution in [0, 0.1) is 5.92 Å². The standard InChI is InChI=1S/C15H20F3NO2/c1-9(2)4-5-10(3)19-11-6-7-13(15(16,17)18)12(8-11)14(20)21/h6-10,19H,4-5H2,1-3H3,(H,20,21). The van der Waals surface area contributed by atoms with Crippen LogP contribution in [0.2, 0.25) is 0 Å². The van der Waals surface area contributed by atoms with E-state index in [1.54, 1.807) is 0 Å². The van der Waals surface area contributed by atoms with Crippen molar-refractivity contribution in [2.24, 2.45) is 5.92 Å². The zero-order valence-corrected chi connectivity index (χ0v) is 12.3. The Morgan fingerprint density at radius 2 is 1.86 bits per heavy atom. The Morgan fingerprint density at radius 1 is 1.24 bits per heavy atom. The van der Waals surface area contributed by atoms with E-state index in [4.69, 9.17) is 5.11 Å². The molecule has 1 rings (SSSR count). The van der Waals surface area contributed by atoms with Gasteiger partial charge in [-0.05, 0) is 43.9 Å². The molecule has 0 aliphatic carbocycles. The van der Waals surface area contributed by atoms with Crippen molar-refractivity contribution in [3.63, 3.8) is 0 Å². The van der Waals surface area contributed by atoms with Crippen LogP contribution in [-0.4, -0.2) is 17.1 Å². The number of aromatic carboxylic acids is 1. The third kappa shape index (κ3) is 5.28. The number of benzene rings is 1. The lowest BCUT2D eigenvalue weighted by atomic mass is 10.0. The van der Waals surface area contributed by atoms with E-state index in [2.05, 4.69) is 19.2 Å². The van der Waals surface area contributed by atoms with Gasteiger partial charge in [0, 0.05) is 11.7 Å². The molecule has 1 atom stereocenters. The maximum Gasteiger partial charge on any atom is 0.417 e. The lowest BCUT2D eigenvalue weighted by molar-refractivity contribution is -0.138. The summed E-state index contributed by atoms with van der Waals surface area (Å²) in [7, 11) is 0. The van der Waals surface area contributed by atoms with E-state index in [0.29, 0.717) is 11.6 Å². The highest BCUT2D eigenvalue weighted by Crippen LogP contribution is 2.33. The van der Waals surface area contributed by atoms with Gasteiger partial charge in [0.05, 0.1) is 11.1 Å². The number of anilines is 1. The summed E-state index contributed by atoms with van der Waals surface area (Å²) in [5, 5.41) is 12.0. The third-order valence-corrected chi connectivity index (χ3v) is 3.15. The average Bonchev–Trinajstić information content (AvgIpc) is 2.34. The van der Waals surface area contributed by atoms with Gasteiger partial charge in [0.2, 0.25) is 0 Å². The highest BCUT2D eigenvalue weighted by molar-refractivity contribution is 5.91. The fourth-order valence-corrected chi connectivity index (χ4v) is 2.00. The van der Waals surface area contributed by atoms with Crippen molar-refractivity contribution >= 4 is 11.7 Å². The van der Waals surface area contributed by atoms with Crippen molar-refractivity contribution in [2.75, 3.05) is 5.32 Å². The van der Waals surface area contributed by atoms with Crippen LogP contribution in [0.3, 0.4) is 0 Å². The number of hydrogen-bond donors (Lipinski definition) is 2. The highest BCUT2D eigenvalue weighted by Gasteiger charge is 2.35. The van der Waals surface area contributed by atoms with Gasteiger partial charge < -0.3 is 10.4 Å². The predicted octanol–water partition coefficient (Wildman–Crippen LogP) is 4.64. The van der Waals surface area contributed by atoms with E-state index in [-0.39, 0.29) is 6.04 Å². The van der Waals surface area contributed by atoms with E-state index in [0.717, 1.165) is 25.0 Å². The Bertz CT molecular complexity index is 498. The van der Waals surface area contributed by atoms with Crippen molar-refractivity contribution in [1.82, 2.24) is 0 Å². The molecule has 0 amide bonds. The molecule has 0 spiro atoms. The molecular weight excluding hydrogens is 283 g/mol. The summed E-state index contributed by atoms with van der Waals surface area (Å²) in [6.45, 7) is 6.10. The maximum atomic E-state index is 12.7. The van der Waals surface area contributed by atoms with Gasteiger partial charge in [0.25, 0.3) is 0 Å². The van der Waals surface area contributed by atoms with Crippen LogP contribution in [-0.2, 0) is 6.18 Å². The van der Waals surface area contributed by atoms with E-state index in [1.165, 1.54) is 6.07 Å². The van der Waals surface area contributed by atoms with Crippen molar-refractivity contribution in [3.05, 3.63) is 29.3 Å². The Morgan fingerprint density at radius 3 is 2.33 bits per heavy atom. The third-order valence-electron chi connectivity index (χ3n) is 3.15. The van der Waals surface area contributed by atoms with Crippen LogP contribution in [0.5, 0.6) is 0 Å². The van der Waals surface area contributed by atoms with Crippen molar-refractivity contribution in [3.8, 4) is 0 Å². The number of halogens is 3. The van der Waals surface area contributed by atoms with Crippen molar-refractivity contribution < 1.29 is 23.1 Å². The molecule has 118 valence electrons. The van der Waals surface area contributed by atoms with Gasteiger partial charge in [0.15, 0.2) is 0 Å². The van der Waals surface area contributed by atoms with E-state index >= 15 is 0 Å². The SMILES string of the molecule is CC(C)CCC(C)Nc1ccc(C(F)(F)F)c(C(=O)O)c1. The van der Waals surface area contributed by atoms with Crippen molar-refractivity contribution in [2.45, 2.75) is 45.8 Å². The summed E-state index contributed by atoms with van der Waals surface area (Å²) in [5.74, 6) is -1.04. The minimum Gasteiger partial charge on any atom is -0.478 e. The molecule has 21 heavy (non-hydrogen) atoms. The number of carboxylic acid groups (broad SMARTS) is 1. The Labute approximate surface area is 122 Å². The summed E-state index contributed by atoms with van der Waals surface area (Å²) >= 11 is 0. The number of carboxylic acids is 1. The number of hydrogen-bond acceptors (Lipinski definition) is 2. The Balaban J connectivity index is 2.91. The number of alkyl halides is 3. The molecular formula is C15H20F3NO2. The van der Waals surface area contributed by atoms with Gasteiger partial charge in [-0.3, -0.25) is 0 Å². The Hall–Kier alpha value is -1.72. The lowest BCUT2D eigenvalue weighted by Crippen LogP contribution is -2.18. The molecule has 1 aromatic carbocycles. The van der Waals surface area contributed by atoms with Gasteiger partial charge in [-0.25, -0.2) is 4.79 Å². The molecule has 6 heteroatoms. The Kier molecular flexibility index (Phi) is 5.63. The minimum absolute atomic E-state index is 0.0609. The molecule has 0 aromatic heterocycles. The number of rotatable bonds is 6. The van der Waals surface area contributed by atoms with Gasteiger partial charge >= 0.3 is 12.1 Å². The van der Waals surface area contributed by atoms with Crippen LogP contribution in [0.15, 0.2) is 18.2 Å². The molecule has 0 aliphatic heterocycles. The first-order chi connectivity index (χ1) is 9.61. The molecule has 0 saturated carbocycles. The van der Waals surface area contributed by atoms with Crippen molar-refractivity contribution in [1.29, 1.82) is 0 Å². The topological polar surface area (TPSA) is 49.3 Å². The molecule has 0 bridgehead atoms. The zero-order chi connectivity index (χ0) is 16.2.